The van der Waals surface area contributed by atoms with E-state index in [0.717, 1.165) is 18.4 Å². The molecule has 0 amide bonds. The zero-order valence-electron chi connectivity index (χ0n) is 12.6. The molecule has 0 aliphatic carbocycles. The minimum Gasteiger partial charge on any atom is -0.396 e. The summed E-state index contributed by atoms with van der Waals surface area (Å²) in [5.41, 5.74) is 1.69. The SMILES string of the molecule is CC(C)c1cccc(NS(=O)(=O)N2CCCC(CO)C2)c1. The van der Waals surface area contributed by atoms with Crippen LogP contribution in [0.3, 0.4) is 0 Å². The van der Waals surface area contributed by atoms with Gasteiger partial charge in [-0.2, -0.15) is 12.7 Å². The van der Waals surface area contributed by atoms with E-state index >= 15 is 0 Å². The first-order valence-electron chi connectivity index (χ1n) is 7.41. The summed E-state index contributed by atoms with van der Waals surface area (Å²) in [6, 6.07) is 7.48. The Morgan fingerprint density at radius 3 is 2.86 bits per heavy atom. The molecule has 1 atom stereocenters. The van der Waals surface area contributed by atoms with E-state index in [4.69, 9.17) is 0 Å². The highest BCUT2D eigenvalue weighted by Crippen LogP contribution is 2.22. The second kappa shape index (κ2) is 6.77. The summed E-state index contributed by atoms with van der Waals surface area (Å²) in [7, 11) is -3.55. The summed E-state index contributed by atoms with van der Waals surface area (Å²) in [6.07, 6.45) is 1.67. The molecular formula is C15H24N2O3S. The highest BCUT2D eigenvalue weighted by Gasteiger charge is 2.28. The fourth-order valence-electron chi connectivity index (χ4n) is 2.57. The highest BCUT2D eigenvalue weighted by atomic mass is 32.2. The maximum atomic E-state index is 12.4. The number of aliphatic hydroxyl groups is 1. The zero-order chi connectivity index (χ0) is 15.5. The van der Waals surface area contributed by atoms with E-state index in [9.17, 15) is 13.5 Å². The molecule has 1 heterocycles. The van der Waals surface area contributed by atoms with Crippen molar-refractivity contribution in [3.8, 4) is 0 Å². The van der Waals surface area contributed by atoms with E-state index in [1.807, 2.05) is 18.2 Å². The van der Waals surface area contributed by atoms with Crippen molar-refractivity contribution in [2.75, 3.05) is 24.4 Å². The molecule has 1 unspecified atom stereocenters. The van der Waals surface area contributed by atoms with Gasteiger partial charge in [0.05, 0.1) is 5.69 Å². The molecule has 0 bridgehead atoms. The second-order valence-electron chi connectivity index (χ2n) is 5.94. The van der Waals surface area contributed by atoms with E-state index in [1.54, 1.807) is 6.07 Å². The number of nitrogens with zero attached hydrogens (tertiary/aromatic N) is 1. The summed E-state index contributed by atoms with van der Waals surface area (Å²) >= 11 is 0. The number of hydrogen-bond acceptors (Lipinski definition) is 3. The van der Waals surface area contributed by atoms with E-state index in [-0.39, 0.29) is 12.5 Å². The number of hydrogen-bond donors (Lipinski definition) is 2. The molecule has 5 nitrogen and oxygen atoms in total. The van der Waals surface area contributed by atoms with Gasteiger partial charge in [0.2, 0.25) is 0 Å². The van der Waals surface area contributed by atoms with Crippen molar-refractivity contribution < 1.29 is 13.5 Å². The first-order chi connectivity index (χ1) is 9.92. The van der Waals surface area contributed by atoms with Crippen LogP contribution in [-0.2, 0) is 10.2 Å². The van der Waals surface area contributed by atoms with Crippen LogP contribution in [0, 0.1) is 5.92 Å². The van der Waals surface area contributed by atoms with Gasteiger partial charge in [-0.15, -0.1) is 0 Å². The molecule has 1 aromatic carbocycles. The number of nitrogens with one attached hydrogen (secondary N) is 1. The number of anilines is 1. The zero-order valence-corrected chi connectivity index (χ0v) is 13.4. The van der Waals surface area contributed by atoms with Gasteiger partial charge in [0.1, 0.15) is 0 Å². The predicted octanol–water partition coefficient (Wildman–Crippen LogP) is 2.17. The van der Waals surface area contributed by atoms with Crippen molar-refractivity contribution in [2.45, 2.75) is 32.6 Å². The number of rotatable bonds is 5. The summed E-state index contributed by atoms with van der Waals surface area (Å²) in [4.78, 5) is 0. The first-order valence-corrected chi connectivity index (χ1v) is 8.85. The largest absolute Gasteiger partial charge is 0.396 e. The van der Waals surface area contributed by atoms with Crippen molar-refractivity contribution in [1.29, 1.82) is 0 Å². The van der Waals surface area contributed by atoms with Crippen molar-refractivity contribution in [3.63, 3.8) is 0 Å². The van der Waals surface area contributed by atoms with Gasteiger partial charge >= 0.3 is 10.2 Å². The van der Waals surface area contributed by atoms with Gasteiger partial charge in [0.15, 0.2) is 0 Å². The molecule has 2 rings (SSSR count). The van der Waals surface area contributed by atoms with Gasteiger partial charge in [-0.1, -0.05) is 26.0 Å². The van der Waals surface area contributed by atoms with Crippen molar-refractivity contribution in [2.24, 2.45) is 5.92 Å². The van der Waals surface area contributed by atoms with Crippen molar-refractivity contribution in [3.05, 3.63) is 29.8 Å². The molecule has 1 aliphatic rings. The lowest BCUT2D eigenvalue weighted by molar-refractivity contribution is 0.166. The van der Waals surface area contributed by atoms with E-state index in [0.29, 0.717) is 24.7 Å². The quantitative estimate of drug-likeness (QED) is 0.875. The average Bonchev–Trinajstić information content (AvgIpc) is 2.47. The lowest BCUT2D eigenvalue weighted by atomic mass is 10.0. The molecule has 2 N–H and O–H groups in total. The van der Waals surface area contributed by atoms with Crippen molar-refractivity contribution in [1.82, 2.24) is 4.31 Å². The van der Waals surface area contributed by atoms with Crippen LogP contribution in [0.5, 0.6) is 0 Å². The number of piperidine rings is 1. The molecule has 118 valence electrons. The summed E-state index contributed by atoms with van der Waals surface area (Å²) in [5, 5.41) is 9.22. The van der Waals surface area contributed by atoms with Crippen molar-refractivity contribution >= 4 is 15.9 Å². The van der Waals surface area contributed by atoms with Crippen LogP contribution < -0.4 is 4.72 Å². The van der Waals surface area contributed by atoms with E-state index < -0.39 is 10.2 Å². The summed E-state index contributed by atoms with van der Waals surface area (Å²) in [6.45, 7) is 5.08. The Bertz CT molecular complexity index is 572. The minimum atomic E-state index is -3.55. The lowest BCUT2D eigenvalue weighted by Gasteiger charge is -2.31. The third kappa shape index (κ3) is 4.18. The Kier molecular flexibility index (Phi) is 5.24. The van der Waals surface area contributed by atoms with Gasteiger partial charge in [0, 0.05) is 19.7 Å². The Hall–Kier alpha value is -1.11. The minimum absolute atomic E-state index is 0.0366. The molecule has 1 aliphatic heterocycles. The normalized spacial score (nSPS) is 20.7. The topological polar surface area (TPSA) is 69.6 Å². The molecule has 1 fully saturated rings. The van der Waals surface area contributed by atoms with Crippen LogP contribution in [0.4, 0.5) is 5.69 Å². The van der Waals surface area contributed by atoms with Crippen LogP contribution in [0.25, 0.3) is 0 Å². The fraction of sp³-hybridized carbons (Fsp3) is 0.600. The third-order valence-electron chi connectivity index (χ3n) is 3.88. The molecule has 0 radical (unpaired) electrons. The maximum Gasteiger partial charge on any atom is 0.301 e. The Labute approximate surface area is 127 Å². The first kappa shape index (κ1) is 16.3. The van der Waals surface area contributed by atoms with E-state index in [1.165, 1.54) is 4.31 Å². The second-order valence-corrected chi connectivity index (χ2v) is 7.61. The fourth-order valence-corrected chi connectivity index (χ4v) is 3.90. The van der Waals surface area contributed by atoms with Gasteiger partial charge in [-0.05, 0) is 42.4 Å². The molecule has 6 heteroatoms. The van der Waals surface area contributed by atoms with Crippen LogP contribution >= 0.6 is 0 Å². The molecule has 1 aromatic rings. The predicted molar refractivity (Wildman–Crippen MR) is 84.5 cm³/mol. The molecule has 0 spiro atoms. The number of aliphatic hydroxyl groups excluding tert-OH is 1. The van der Waals surface area contributed by atoms with Crippen LogP contribution in [0.2, 0.25) is 0 Å². The van der Waals surface area contributed by atoms with Crippen LogP contribution in [0.1, 0.15) is 38.2 Å². The molecule has 21 heavy (non-hydrogen) atoms. The Balaban J connectivity index is 2.12. The average molecular weight is 312 g/mol. The monoisotopic (exact) mass is 312 g/mol. The standard InChI is InChI=1S/C15H24N2O3S/c1-12(2)14-6-3-7-15(9-14)16-21(19,20)17-8-4-5-13(10-17)11-18/h3,6-7,9,12-13,16,18H,4-5,8,10-11H2,1-2H3. The summed E-state index contributed by atoms with van der Waals surface area (Å²) in [5.74, 6) is 0.389. The van der Waals surface area contributed by atoms with E-state index in [2.05, 4.69) is 18.6 Å². The van der Waals surface area contributed by atoms with Crippen LogP contribution in [0.15, 0.2) is 24.3 Å². The van der Waals surface area contributed by atoms with Gasteiger partial charge < -0.3 is 5.11 Å². The van der Waals surface area contributed by atoms with Gasteiger partial charge in [-0.3, -0.25) is 4.72 Å². The van der Waals surface area contributed by atoms with Crippen LogP contribution in [-0.4, -0.2) is 37.5 Å². The molecule has 1 saturated heterocycles. The smallest absolute Gasteiger partial charge is 0.301 e. The maximum absolute atomic E-state index is 12.4. The summed E-state index contributed by atoms with van der Waals surface area (Å²) < 4.78 is 28.9. The third-order valence-corrected chi connectivity index (χ3v) is 5.39. The van der Waals surface area contributed by atoms with Gasteiger partial charge in [0.25, 0.3) is 0 Å². The molecular weight excluding hydrogens is 288 g/mol. The Morgan fingerprint density at radius 1 is 1.43 bits per heavy atom. The van der Waals surface area contributed by atoms with Gasteiger partial charge in [-0.25, -0.2) is 0 Å². The highest BCUT2D eigenvalue weighted by molar-refractivity contribution is 7.90. The Morgan fingerprint density at radius 2 is 2.19 bits per heavy atom. The lowest BCUT2D eigenvalue weighted by Crippen LogP contribution is -2.43. The number of benzene rings is 1. The molecule has 0 aromatic heterocycles. The molecule has 0 saturated carbocycles.